The van der Waals surface area contributed by atoms with Gasteiger partial charge in [0.15, 0.2) is 0 Å². The van der Waals surface area contributed by atoms with Crippen LogP contribution in [0.15, 0.2) is 18.2 Å². The highest BCUT2D eigenvalue weighted by Crippen LogP contribution is 2.26. The molecule has 4 nitrogen and oxygen atoms in total. The minimum absolute atomic E-state index is 0.347. The van der Waals surface area contributed by atoms with Crippen LogP contribution in [0.5, 0.6) is 0 Å². The number of carbonyl (C=O) groups is 1. The van der Waals surface area contributed by atoms with Crippen LogP contribution in [0, 0.1) is 0 Å². The molecule has 1 heterocycles. The number of anilines is 1. The molecule has 0 amide bonds. The predicted molar refractivity (Wildman–Crippen MR) is 77.2 cm³/mol. The zero-order valence-corrected chi connectivity index (χ0v) is 11.9. The first-order chi connectivity index (χ1) is 8.99. The second-order valence-electron chi connectivity index (χ2n) is 5.53. The van der Waals surface area contributed by atoms with Gasteiger partial charge in [-0.05, 0) is 30.7 Å². The fourth-order valence-corrected chi connectivity index (χ4v) is 2.41. The summed E-state index contributed by atoms with van der Waals surface area (Å²) >= 11 is 0. The van der Waals surface area contributed by atoms with E-state index in [1.165, 1.54) is 0 Å². The first-order valence-corrected chi connectivity index (χ1v) is 6.79. The number of carboxylic acid groups (broad SMARTS) is 1. The molecule has 0 unspecified atom stereocenters. The third-order valence-electron chi connectivity index (χ3n) is 3.76. The summed E-state index contributed by atoms with van der Waals surface area (Å²) in [7, 11) is 2.09. The van der Waals surface area contributed by atoms with Crippen molar-refractivity contribution in [2.75, 3.05) is 38.1 Å². The molecule has 4 heteroatoms. The Morgan fingerprint density at radius 2 is 1.84 bits per heavy atom. The van der Waals surface area contributed by atoms with Crippen LogP contribution in [-0.2, 0) is 0 Å². The summed E-state index contributed by atoms with van der Waals surface area (Å²) in [5, 5.41) is 9.42. The van der Waals surface area contributed by atoms with Crippen LogP contribution in [0.2, 0.25) is 0 Å². The number of carboxylic acids is 1. The van der Waals surface area contributed by atoms with E-state index < -0.39 is 5.97 Å². The van der Waals surface area contributed by atoms with Gasteiger partial charge in [0.1, 0.15) is 0 Å². The van der Waals surface area contributed by atoms with Crippen molar-refractivity contribution >= 4 is 11.7 Å². The number of likely N-dealkylation sites (N-methyl/N-ethyl adjacent to an activating group) is 1. The van der Waals surface area contributed by atoms with E-state index in [4.69, 9.17) is 0 Å². The second-order valence-corrected chi connectivity index (χ2v) is 5.53. The van der Waals surface area contributed by atoms with Crippen LogP contribution in [-0.4, -0.2) is 49.2 Å². The highest BCUT2D eigenvalue weighted by atomic mass is 16.4. The molecule has 1 aromatic rings. The van der Waals surface area contributed by atoms with Crippen molar-refractivity contribution in [3.63, 3.8) is 0 Å². The summed E-state index contributed by atoms with van der Waals surface area (Å²) in [6.45, 7) is 7.89. The molecule has 0 atom stereocenters. The van der Waals surface area contributed by atoms with E-state index in [2.05, 4.69) is 30.7 Å². The lowest BCUT2D eigenvalue weighted by molar-refractivity contribution is 0.0697. The van der Waals surface area contributed by atoms with E-state index in [0.717, 1.165) is 37.4 Å². The third-order valence-corrected chi connectivity index (χ3v) is 3.76. The summed E-state index contributed by atoms with van der Waals surface area (Å²) in [5.41, 5.74) is 2.36. The minimum atomic E-state index is -0.837. The lowest BCUT2D eigenvalue weighted by Gasteiger charge is -2.34. The first kappa shape index (κ1) is 13.9. The van der Waals surface area contributed by atoms with E-state index in [-0.39, 0.29) is 0 Å². The SMILES string of the molecule is CC(C)c1ccc(N2CCN(C)CC2)c(C(=O)O)c1. The zero-order chi connectivity index (χ0) is 14.0. The molecule has 1 aliphatic heterocycles. The Morgan fingerprint density at radius 3 is 2.37 bits per heavy atom. The summed E-state index contributed by atoms with van der Waals surface area (Å²) in [4.78, 5) is 15.9. The van der Waals surface area contributed by atoms with Gasteiger partial charge in [0.2, 0.25) is 0 Å². The van der Waals surface area contributed by atoms with E-state index >= 15 is 0 Å². The van der Waals surface area contributed by atoms with E-state index in [1.54, 1.807) is 0 Å². The van der Waals surface area contributed by atoms with Crippen LogP contribution in [0.4, 0.5) is 5.69 Å². The number of benzene rings is 1. The lowest BCUT2D eigenvalue weighted by atomic mass is 9.99. The average molecular weight is 262 g/mol. The fraction of sp³-hybridized carbons (Fsp3) is 0.533. The van der Waals surface area contributed by atoms with Gasteiger partial charge in [0.05, 0.1) is 11.3 Å². The van der Waals surface area contributed by atoms with Gasteiger partial charge in [-0.1, -0.05) is 19.9 Å². The van der Waals surface area contributed by atoms with Crippen LogP contribution in [0.1, 0.15) is 35.7 Å². The molecule has 104 valence electrons. The van der Waals surface area contributed by atoms with E-state index in [9.17, 15) is 9.90 Å². The molecule has 2 rings (SSSR count). The van der Waals surface area contributed by atoms with Crippen molar-refractivity contribution in [2.24, 2.45) is 0 Å². The molecule has 0 aliphatic carbocycles. The molecule has 1 N–H and O–H groups in total. The molecule has 0 bridgehead atoms. The maximum absolute atomic E-state index is 11.5. The Labute approximate surface area is 114 Å². The first-order valence-electron chi connectivity index (χ1n) is 6.79. The quantitative estimate of drug-likeness (QED) is 0.907. The number of nitrogens with zero attached hydrogens (tertiary/aromatic N) is 2. The molecular formula is C15H22N2O2. The number of hydrogen-bond donors (Lipinski definition) is 1. The summed E-state index contributed by atoms with van der Waals surface area (Å²) in [6, 6.07) is 5.83. The van der Waals surface area contributed by atoms with Gasteiger partial charge < -0.3 is 14.9 Å². The van der Waals surface area contributed by atoms with Crippen LogP contribution < -0.4 is 4.90 Å². The topological polar surface area (TPSA) is 43.8 Å². The molecule has 0 radical (unpaired) electrons. The van der Waals surface area contributed by atoms with Crippen LogP contribution in [0.25, 0.3) is 0 Å². The Kier molecular flexibility index (Phi) is 4.10. The summed E-state index contributed by atoms with van der Waals surface area (Å²) in [6.07, 6.45) is 0. The van der Waals surface area contributed by atoms with Crippen molar-refractivity contribution in [3.05, 3.63) is 29.3 Å². The minimum Gasteiger partial charge on any atom is -0.478 e. The van der Waals surface area contributed by atoms with Crippen LogP contribution in [0.3, 0.4) is 0 Å². The predicted octanol–water partition coefficient (Wildman–Crippen LogP) is 2.26. The van der Waals surface area contributed by atoms with Gasteiger partial charge in [-0.2, -0.15) is 0 Å². The maximum atomic E-state index is 11.5. The highest BCUT2D eigenvalue weighted by molar-refractivity contribution is 5.94. The molecule has 0 spiro atoms. The zero-order valence-electron chi connectivity index (χ0n) is 11.9. The van der Waals surface area contributed by atoms with Gasteiger partial charge in [0.25, 0.3) is 0 Å². The second kappa shape index (κ2) is 5.61. The molecule has 0 aromatic heterocycles. The van der Waals surface area contributed by atoms with Gasteiger partial charge in [0, 0.05) is 26.2 Å². The van der Waals surface area contributed by atoms with Gasteiger partial charge in [-0.3, -0.25) is 0 Å². The summed E-state index contributed by atoms with van der Waals surface area (Å²) in [5.74, 6) is -0.490. The fourth-order valence-electron chi connectivity index (χ4n) is 2.41. The van der Waals surface area contributed by atoms with Crippen molar-refractivity contribution in [3.8, 4) is 0 Å². The van der Waals surface area contributed by atoms with Crippen molar-refractivity contribution in [2.45, 2.75) is 19.8 Å². The number of rotatable bonds is 3. The smallest absolute Gasteiger partial charge is 0.337 e. The summed E-state index contributed by atoms with van der Waals surface area (Å²) < 4.78 is 0. The standard InChI is InChI=1S/C15H22N2O2/c1-11(2)12-4-5-14(13(10-12)15(18)19)17-8-6-16(3)7-9-17/h4-5,10-11H,6-9H2,1-3H3,(H,18,19). The van der Waals surface area contributed by atoms with Gasteiger partial charge in [-0.25, -0.2) is 4.79 Å². The molecular weight excluding hydrogens is 240 g/mol. The van der Waals surface area contributed by atoms with E-state index in [0.29, 0.717) is 11.5 Å². The monoisotopic (exact) mass is 262 g/mol. The molecule has 1 aromatic carbocycles. The normalized spacial score (nSPS) is 16.9. The average Bonchev–Trinajstić information content (AvgIpc) is 2.38. The molecule has 19 heavy (non-hydrogen) atoms. The molecule has 1 fully saturated rings. The number of hydrogen-bond acceptors (Lipinski definition) is 3. The Balaban J connectivity index is 2.31. The van der Waals surface area contributed by atoms with E-state index in [1.807, 2.05) is 18.2 Å². The molecule has 1 aliphatic rings. The lowest BCUT2D eigenvalue weighted by Crippen LogP contribution is -2.45. The largest absolute Gasteiger partial charge is 0.478 e. The number of piperazine rings is 1. The van der Waals surface area contributed by atoms with Gasteiger partial charge in [-0.15, -0.1) is 0 Å². The Hall–Kier alpha value is -1.55. The maximum Gasteiger partial charge on any atom is 0.337 e. The molecule has 1 saturated heterocycles. The molecule has 0 saturated carbocycles. The van der Waals surface area contributed by atoms with Crippen molar-refractivity contribution < 1.29 is 9.90 Å². The van der Waals surface area contributed by atoms with Gasteiger partial charge >= 0.3 is 5.97 Å². The van der Waals surface area contributed by atoms with Crippen molar-refractivity contribution in [1.29, 1.82) is 0 Å². The highest BCUT2D eigenvalue weighted by Gasteiger charge is 2.20. The van der Waals surface area contributed by atoms with Crippen molar-refractivity contribution in [1.82, 2.24) is 4.90 Å². The number of aromatic carboxylic acids is 1. The Bertz CT molecular complexity index is 463. The Morgan fingerprint density at radius 1 is 1.21 bits per heavy atom. The van der Waals surface area contributed by atoms with Crippen LogP contribution >= 0.6 is 0 Å². The third kappa shape index (κ3) is 3.07.